The smallest absolute Gasteiger partial charge is 0.132 e. The van der Waals surface area contributed by atoms with Gasteiger partial charge in [-0.2, -0.15) is 0 Å². The summed E-state index contributed by atoms with van der Waals surface area (Å²) in [6, 6.07) is 3.82. The van der Waals surface area contributed by atoms with Crippen molar-refractivity contribution in [3.05, 3.63) is 28.8 Å². The van der Waals surface area contributed by atoms with Crippen molar-refractivity contribution in [1.82, 2.24) is 0 Å². The number of rotatable bonds is 3. The Labute approximate surface area is 143 Å². The van der Waals surface area contributed by atoms with Gasteiger partial charge in [-0.3, -0.25) is 0 Å². The van der Waals surface area contributed by atoms with E-state index in [1.54, 1.807) is 13.0 Å². The molecular weight excluding hydrogens is 304 g/mol. The summed E-state index contributed by atoms with van der Waals surface area (Å²) in [5.74, 6) is 0.880. The topological polar surface area (TPSA) is 69.9 Å². The van der Waals surface area contributed by atoms with Crippen molar-refractivity contribution < 1.29 is 20.1 Å². The molecule has 0 amide bonds. The summed E-state index contributed by atoms with van der Waals surface area (Å²) in [5, 5.41) is 31.4. The van der Waals surface area contributed by atoms with Crippen molar-refractivity contribution in [3.8, 4) is 11.5 Å². The zero-order chi connectivity index (χ0) is 17.7. The molecule has 1 aliphatic heterocycles. The van der Waals surface area contributed by atoms with Crippen LogP contribution in [0.4, 0.5) is 0 Å². The molecule has 1 heterocycles. The van der Waals surface area contributed by atoms with Gasteiger partial charge in [0.15, 0.2) is 0 Å². The van der Waals surface area contributed by atoms with Crippen LogP contribution in [0.25, 0.3) is 5.57 Å². The highest BCUT2D eigenvalue weighted by Crippen LogP contribution is 2.52. The molecule has 0 spiro atoms. The molecule has 2 atom stereocenters. The Morgan fingerprint density at radius 3 is 2.62 bits per heavy atom. The number of fused-ring (bicyclic) bond motifs is 2. The lowest BCUT2D eigenvalue weighted by Crippen LogP contribution is -2.47. The van der Waals surface area contributed by atoms with Gasteiger partial charge in [0.05, 0.1) is 17.3 Å². The Balaban J connectivity index is 2.12. The number of unbranched alkanes of at least 4 members (excludes halogenated alkanes) is 1. The SMILES string of the molecule is CCCCc1cc(O)c2c(c1)OC(C)(C)C1=C2CC(C)(O)C(O)C1. The minimum Gasteiger partial charge on any atom is -0.507 e. The van der Waals surface area contributed by atoms with Crippen LogP contribution in [0.1, 0.15) is 64.5 Å². The molecule has 4 heteroatoms. The van der Waals surface area contributed by atoms with Gasteiger partial charge in [-0.05, 0) is 62.5 Å². The lowest BCUT2D eigenvalue weighted by atomic mass is 9.71. The molecule has 1 aromatic rings. The van der Waals surface area contributed by atoms with Crippen molar-refractivity contribution in [2.45, 2.75) is 77.1 Å². The van der Waals surface area contributed by atoms with E-state index in [0.717, 1.165) is 36.0 Å². The third-order valence-corrected chi connectivity index (χ3v) is 5.37. The Hall–Kier alpha value is -1.52. The molecule has 3 rings (SSSR count). The lowest BCUT2D eigenvalue weighted by Gasteiger charge is -2.45. The van der Waals surface area contributed by atoms with Crippen molar-refractivity contribution in [2.24, 2.45) is 0 Å². The van der Waals surface area contributed by atoms with E-state index in [1.807, 2.05) is 19.9 Å². The van der Waals surface area contributed by atoms with Crippen LogP contribution in [0.5, 0.6) is 11.5 Å². The maximum absolute atomic E-state index is 10.6. The summed E-state index contributed by atoms with van der Waals surface area (Å²) in [7, 11) is 0. The van der Waals surface area contributed by atoms with Gasteiger partial charge in [0.2, 0.25) is 0 Å². The summed E-state index contributed by atoms with van der Waals surface area (Å²) in [5.41, 5.74) is 1.86. The zero-order valence-corrected chi connectivity index (χ0v) is 15.0. The molecule has 0 saturated carbocycles. The second kappa shape index (κ2) is 5.78. The van der Waals surface area contributed by atoms with E-state index in [0.29, 0.717) is 24.2 Å². The number of aliphatic hydroxyl groups is 2. The van der Waals surface area contributed by atoms with Crippen LogP contribution in [0, 0.1) is 0 Å². The molecule has 0 bridgehead atoms. The molecule has 132 valence electrons. The largest absolute Gasteiger partial charge is 0.507 e. The summed E-state index contributed by atoms with van der Waals surface area (Å²) < 4.78 is 6.20. The van der Waals surface area contributed by atoms with E-state index < -0.39 is 17.3 Å². The Kier molecular flexibility index (Phi) is 4.17. The standard InChI is InChI=1S/C20H28O4/c1-5-6-7-12-8-15(21)18-13-11-20(4,23)17(22)10-14(13)19(2,3)24-16(18)9-12/h8-9,17,21-23H,5-7,10-11H2,1-4H3. The average molecular weight is 332 g/mol. The van der Waals surface area contributed by atoms with Gasteiger partial charge >= 0.3 is 0 Å². The third-order valence-electron chi connectivity index (χ3n) is 5.37. The van der Waals surface area contributed by atoms with E-state index >= 15 is 0 Å². The summed E-state index contributed by atoms with van der Waals surface area (Å²) >= 11 is 0. The van der Waals surface area contributed by atoms with E-state index in [9.17, 15) is 15.3 Å². The normalized spacial score (nSPS) is 28.2. The predicted octanol–water partition coefficient (Wildman–Crippen LogP) is 3.57. The predicted molar refractivity (Wildman–Crippen MR) is 94.2 cm³/mol. The van der Waals surface area contributed by atoms with E-state index in [2.05, 4.69) is 6.92 Å². The number of aliphatic hydroxyl groups excluding tert-OH is 1. The van der Waals surface area contributed by atoms with E-state index in [1.165, 1.54) is 0 Å². The molecule has 2 aliphatic rings. The molecule has 0 saturated heterocycles. The Morgan fingerprint density at radius 2 is 1.96 bits per heavy atom. The molecule has 0 fully saturated rings. The second-order valence-electron chi connectivity index (χ2n) is 7.91. The second-order valence-corrected chi connectivity index (χ2v) is 7.91. The Bertz CT molecular complexity index is 685. The minimum absolute atomic E-state index is 0.203. The highest BCUT2D eigenvalue weighted by Gasteiger charge is 2.46. The molecule has 0 aromatic heterocycles. The van der Waals surface area contributed by atoms with Crippen molar-refractivity contribution in [1.29, 1.82) is 0 Å². The van der Waals surface area contributed by atoms with Gasteiger partial charge in [-0.15, -0.1) is 0 Å². The van der Waals surface area contributed by atoms with Crippen LogP contribution >= 0.6 is 0 Å². The number of benzene rings is 1. The minimum atomic E-state index is -1.20. The fraction of sp³-hybridized carbons (Fsp3) is 0.600. The van der Waals surface area contributed by atoms with Crippen LogP contribution in [-0.2, 0) is 6.42 Å². The monoisotopic (exact) mass is 332 g/mol. The maximum Gasteiger partial charge on any atom is 0.132 e. The van der Waals surface area contributed by atoms with Crippen molar-refractivity contribution >= 4 is 5.57 Å². The third kappa shape index (κ3) is 2.82. The number of hydrogen-bond donors (Lipinski definition) is 3. The van der Waals surface area contributed by atoms with Gasteiger partial charge in [0, 0.05) is 12.8 Å². The summed E-state index contributed by atoms with van der Waals surface area (Å²) in [4.78, 5) is 0. The first-order valence-corrected chi connectivity index (χ1v) is 8.84. The van der Waals surface area contributed by atoms with E-state index in [4.69, 9.17) is 4.74 Å². The Morgan fingerprint density at radius 1 is 1.25 bits per heavy atom. The molecule has 1 aromatic carbocycles. The molecule has 24 heavy (non-hydrogen) atoms. The molecule has 1 aliphatic carbocycles. The number of ether oxygens (including phenoxy) is 1. The van der Waals surface area contributed by atoms with Crippen molar-refractivity contribution in [2.75, 3.05) is 0 Å². The first kappa shape index (κ1) is 17.3. The van der Waals surface area contributed by atoms with Crippen molar-refractivity contribution in [3.63, 3.8) is 0 Å². The van der Waals surface area contributed by atoms with Gasteiger partial charge in [0.25, 0.3) is 0 Å². The van der Waals surface area contributed by atoms with Crippen LogP contribution in [-0.4, -0.2) is 32.6 Å². The number of aryl methyl sites for hydroxylation is 1. The van der Waals surface area contributed by atoms with E-state index in [-0.39, 0.29) is 5.75 Å². The van der Waals surface area contributed by atoms with Gasteiger partial charge in [0.1, 0.15) is 17.1 Å². The average Bonchev–Trinajstić information content (AvgIpc) is 2.46. The molecule has 3 N–H and O–H groups in total. The molecule has 4 nitrogen and oxygen atoms in total. The fourth-order valence-electron chi connectivity index (χ4n) is 3.87. The zero-order valence-electron chi connectivity index (χ0n) is 15.0. The lowest BCUT2D eigenvalue weighted by molar-refractivity contribution is -0.0661. The summed E-state index contributed by atoms with van der Waals surface area (Å²) in [6.07, 6.45) is 2.91. The highest BCUT2D eigenvalue weighted by molar-refractivity contribution is 5.82. The highest BCUT2D eigenvalue weighted by atomic mass is 16.5. The molecule has 0 radical (unpaired) electrons. The fourth-order valence-corrected chi connectivity index (χ4v) is 3.87. The number of phenols is 1. The maximum atomic E-state index is 10.6. The number of aromatic hydroxyl groups is 1. The van der Waals surface area contributed by atoms with Crippen LogP contribution in [0.15, 0.2) is 17.7 Å². The van der Waals surface area contributed by atoms with Crippen LogP contribution < -0.4 is 4.74 Å². The number of phenolic OH excluding ortho intramolecular Hbond substituents is 1. The quantitative estimate of drug-likeness (QED) is 0.791. The molecular formula is C20H28O4. The van der Waals surface area contributed by atoms with Gasteiger partial charge < -0.3 is 20.1 Å². The first-order valence-electron chi connectivity index (χ1n) is 8.84. The summed E-state index contributed by atoms with van der Waals surface area (Å²) in [6.45, 7) is 7.75. The molecule has 2 unspecified atom stereocenters. The number of hydrogen-bond acceptors (Lipinski definition) is 4. The first-order chi connectivity index (χ1) is 11.2. The van der Waals surface area contributed by atoms with Gasteiger partial charge in [-0.1, -0.05) is 13.3 Å². The van der Waals surface area contributed by atoms with Crippen LogP contribution in [0.3, 0.4) is 0 Å². The van der Waals surface area contributed by atoms with Gasteiger partial charge in [-0.25, -0.2) is 0 Å². The van der Waals surface area contributed by atoms with Crippen LogP contribution in [0.2, 0.25) is 0 Å².